The van der Waals surface area contributed by atoms with Gasteiger partial charge in [0.1, 0.15) is 12.3 Å². The molecular formula is C31H37N3O6. The van der Waals surface area contributed by atoms with Crippen LogP contribution in [0, 0.1) is 23.7 Å². The summed E-state index contributed by atoms with van der Waals surface area (Å²) in [7, 11) is 1.32. The average Bonchev–Trinajstić information content (AvgIpc) is 2.95. The van der Waals surface area contributed by atoms with E-state index in [9.17, 15) is 14.4 Å². The van der Waals surface area contributed by atoms with Crippen molar-refractivity contribution in [1.29, 1.82) is 0 Å². The van der Waals surface area contributed by atoms with E-state index in [0.29, 0.717) is 16.7 Å². The van der Waals surface area contributed by atoms with E-state index < -0.39 is 29.6 Å². The molecule has 0 saturated carbocycles. The van der Waals surface area contributed by atoms with Gasteiger partial charge in [0.15, 0.2) is 0 Å². The number of carbonyl (C=O) groups excluding carboxylic acids is 3. The van der Waals surface area contributed by atoms with Crippen LogP contribution in [0.25, 0.3) is 0 Å². The summed E-state index contributed by atoms with van der Waals surface area (Å²) >= 11 is 0. The molecule has 0 bridgehead atoms. The molecule has 3 N–H and O–H groups in total. The Bertz CT molecular complexity index is 1210. The van der Waals surface area contributed by atoms with Gasteiger partial charge in [0.05, 0.1) is 32.0 Å². The third-order valence-corrected chi connectivity index (χ3v) is 5.30. The maximum atomic E-state index is 12.7. The third kappa shape index (κ3) is 12.2. The number of hydrogen-bond donors (Lipinski definition) is 3. The van der Waals surface area contributed by atoms with Crippen LogP contribution in [0.15, 0.2) is 48.5 Å². The second-order valence-corrected chi connectivity index (χ2v) is 9.74. The van der Waals surface area contributed by atoms with Crippen LogP contribution in [0.4, 0.5) is 0 Å². The second kappa shape index (κ2) is 16.9. The van der Waals surface area contributed by atoms with Crippen molar-refractivity contribution in [2.75, 3.05) is 33.4 Å². The normalized spacial score (nSPS) is 13.9. The summed E-state index contributed by atoms with van der Waals surface area (Å²) in [6.07, 6.45) is 0.174. The van der Waals surface area contributed by atoms with Gasteiger partial charge in [-0.1, -0.05) is 24.0 Å². The van der Waals surface area contributed by atoms with Crippen molar-refractivity contribution in [1.82, 2.24) is 16.1 Å². The Balaban J connectivity index is 0.000000821. The van der Waals surface area contributed by atoms with Gasteiger partial charge in [-0.3, -0.25) is 19.2 Å². The van der Waals surface area contributed by atoms with Crippen molar-refractivity contribution in [2.45, 2.75) is 45.4 Å². The molecule has 0 aliphatic carbocycles. The van der Waals surface area contributed by atoms with E-state index in [1.807, 2.05) is 20.8 Å². The molecule has 1 aliphatic rings. The molecule has 1 saturated heterocycles. The van der Waals surface area contributed by atoms with E-state index in [2.05, 4.69) is 39.8 Å². The van der Waals surface area contributed by atoms with Crippen LogP contribution < -0.4 is 16.1 Å². The van der Waals surface area contributed by atoms with E-state index in [1.165, 1.54) is 7.11 Å². The standard InChI is InChI=1S/C27H28N2O5.C4H9NO/c1-19(34-27(2,3)4)24(26(32)29-33-5)28-25(31)23-16-14-21(15-17-23)9-7-6-8-20-10-12-22(18-30)13-11-20;1-3-6-4-2-5-1/h10-19,24H,1-5H3,(H,28,31)(H,29,32);5H,1-4H2/t19-,24?;/m1./s1. The van der Waals surface area contributed by atoms with Crippen molar-refractivity contribution in [3.8, 4) is 23.7 Å². The largest absolute Gasteiger partial charge is 0.379 e. The minimum Gasteiger partial charge on any atom is -0.379 e. The molecule has 1 aliphatic heterocycles. The Labute approximate surface area is 236 Å². The fourth-order valence-corrected chi connectivity index (χ4v) is 3.48. The SMILES string of the molecule is C1COCCN1.CONC(=O)C(NC(=O)c1ccc(C#CC#Cc2ccc(C=O)cc2)cc1)[C@@H](C)OC(C)(C)C. The molecule has 2 aromatic carbocycles. The number of hydroxylamine groups is 1. The lowest BCUT2D eigenvalue weighted by Crippen LogP contribution is -2.54. The third-order valence-electron chi connectivity index (χ3n) is 5.30. The fraction of sp³-hybridized carbons (Fsp3) is 0.387. The number of benzene rings is 2. The van der Waals surface area contributed by atoms with Gasteiger partial charge in [-0.15, -0.1) is 0 Å². The maximum absolute atomic E-state index is 12.7. The van der Waals surface area contributed by atoms with Crippen LogP contribution in [0.1, 0.15) is 59.5 Å². The molecule has 9 nitrogen and oxygen atoms in total. The quantitative estimate of drug-likeness (QED) is 0.277. The number of rotatable bonds is 7. The topological polar surface area (TPSA) is 115 Å². The number of morpholine rings is 1. The molecule has 1 heterocycles. The highest BCUT2D eigenvalue weighted by atomic mass is 16.6. The monoisotopic (exact) mass is 547 g/mol. The molecule has 2 amide bonds. The highest BCUT2D eigenvalue weighted by Gasteiger charge is 2.31. The van der Waals surface area contributed by atoms with E-state index in [4.69, 9.17) is 14.3 Å². The second-order valence-electron chi connectivity index (χ2n) is 9.74. The molecule has 2 aromatic rings. The molecule has 3 rings (SSSR count). The lowest BCUT2D eigenvalue weighted by Gasteiger charge is -2.30. The van der Waals surface area contributed by atoms with Gasteiger partial charge in [-0.25, -0.2) is 5.48 Å². The predicted octanol–water partition coefficient (Wildman–Crippen LogP) is 2.49. The number of aldehydes is 1. The number of amides is 2. The Morgan fingerprint density at radius 3 is 1.95 bits per heavy atom. The van der Waals surface area contributed by atoms with Crippen LogP contribution >= 0.6 is 0 Å². The summed E-state index contributed by atoms with van der Waals surface area (Å²) in [5.41, 5.74) is 4.13. The molecule has 9 heteroatoms. The van der Waals surface area contributed by atoms with E-state index in [-0.39, 0.29) is 0 Å². The van der Waals surface area contributed by atoms with E-state index >= 15 is 0 Å². The molecule has 1 fully saturated rings. The Kier molecular flexibility index (Phi) is 13.6. The highest BCUT2D eigenvalue weighted by Crippen LogP contribution is 2.14. The predicted molar refractivity (Wildman–Crippen MR) is 152 cm³/mol. The van der Waals surface area contributed by atoms with Crippen LogP contribution in [-0.4, -0.2) is 69.3 Å². The zero-order chi connectivity index (χ0) is 29.4. The summed E-state index contributed by atoms with van der Waals surface area (Å²) in [6, 6.07) is 12.5. The van der Waals surface area contributed by atoms with E-state index in [0.717, 1.165) is 38.2 Å². The first-order valence-corrected chi connectivity index (χ1v) is 12.9. The number of hydrogen-bond acceptors (Lipinski definition) is 7. The van der Waals surface area contributed by atoms with Crippen molar-refractivity contribution in [3.05, 3.63) is 70.8 Å². The van der Waals surface area contributed by atoms with Crippen molar-refractivity contribution >= 4 is 18.1 Å². The maximum Gasteiger partial charge on any atom is 0.268 e. The smallest absolute Gasteiger partial charge is 0.268 e. The fourth-order valence-electron chi connectivity index (χ4n) is 3.48. The average molecular weight is 548 g/mol. The first-order chi connectivity index (χ1) is 19.1. The Hall–Kier alpha value is -3.99. The first-order valence-electron chi connectivity index (χ1n) is 12.9. The summed E-state index contributed by atoms with van der Waals surface area (Å²) in [6.45, 7) is 11.1. The highest BCUT2D eigenvalue weighted by molar-refractivity contribution is 5.97. The molecule has 0 spiro atoms. The van der Waals surface area contributed by atoms with Crippen LogP contribution in [-0.2, 0) is 19.1 Å². The van der Waals surface area contributed by atoms with Crippen molar-refractivity contribution in [2.24, 2.45) is 0 Å². The van der Waals surface area contributed by atoms with Crippen molar-refractivity contribution in [3.63, 3.8) is 0 Å². The van der Waals surface area contributed by atoms with Gasteiger partial charge in [-0.2, -0.15) is 0 Å². The summed E-state index contributed by atoms with van der Waals surface area (Å²) in [5, 5.41) is 5.86. The minimum absolute atomic E-state index is 0.366. The molecule has 1 unspecified atom stereocenters. The van der Waals surface area contributed by atoms with E-state index in [1.54, 1.807) is 55.5 Å². The van der Waals surface area contributed by atoms with Gasteiger partial charge in [0.25, 0.3) is 11.8 Å². The van der Waals surface area contributed by atoms with Crippen molar-refractivity contribution < 1.29 is 28.7 Å². The molecule has 212 valence electrons. The molecule has 0 radical (unpaired) electrons. The van der Waals surface area contributed by atoms with Gasteiger partial charge < -0.3 is 20.1 Å². The lowest BCUT2D eigenvalue weighted by molar-refractivity contribution is -0.140. The van der Waals surface area contributed by atoms with Crippen LogP contribution in [0.3, 0.4) is 0 Å². The minimum atomic E-state index is -0.956. The van der Waals surface area contributed by atoms with Crippen LogP contribution in [0.5, 0.6) is 0 Å². The van der Waals surface area contributed by atoms with Gasteiger partial charge in [0.2, 0.25) is 0 Å². The van der Waals surface area contributed by atoms with Gasteiger partial charge in [-0.05, 0) is 75.9 Å². The molecule has 2 atom stereocenters. The number of carbonyl (C=O) groups is 3. The summed E-state index contributed by atoms with van der Waals surface area (Å²) < 4.78 is 10.9. The van der Waals surface area contributed by atoms with Crippen LogP contribution in [0.2, 0.25) is 0 Å². The Morgan fingerprint density at radius 1 is 0.975 bits per heavy atom. The zero-order valence-electron chi connectivity index (χ0n) is 23.6. The zero-order valence-corrected chi connectivity index (χ0v) is 23.6. The molecule has 0 aromatic heterocycles. The summed E-state index contributed by atoms with van der Waals surface area (Å²) in [5.74, 6) is 10.4. The number of nitrogens with one attached hydrogen (secondary N) is 3. The molecule has 40 heavy (non-hydrogen) atoms. The van der Waals surface area contributed by atoms with Gasteiger partial charge in [0, 0.05) is 35.3 Å². The number of ether oxygens (including phenoxy) is 2. The summed E-state index contributed by atoms with van der Waals surface area (Å²) in [4.78, 5) is 40.5. The lowest BCUT2D eigenvalue weighted by atomic mass is 10.1. The first kappa shape index (κ1) is 32.2. The molecular weight excluding hydrogens is 510 g/mol. The Morgan fingerprint density at radius 2 is 1.52 bits per heavy atom. The van der Waals surface area contributed by atoms with Gasteiger partial charge >= 0.3 is 0 Å².